The van der Waals surface area contributed by atoms with Gasteiger partial charge in [-0.2, -0.15) is 0 Å². The van der Waals surface area contributed by atoms with Crippen LogP contribution in [0.25, 0.3) is 0 Å². The van der Waals surface area contributed by atoms with E-state index >= 15 is 0 Å². The van der Waals surface area contributed by atoms with Crippen LogP contribution in [-0.4, -0.2) is 54.7 Å². The first kappa shape index (κ1) is 14.3. The van der Waals surface area contributed by atoms with Crippen LogP contribution in [-0.2, 0) is 9.47 Å². The Labute approximate surface area is 105 Å². The van der Waals surface area contributed by atoms with Gasteiger partial charge < -0.3 is 19.9 Å². The molecule has 1 heterocycles. The predicted molar refractivity (Wildman–Crippen MR) is 64.4 cm³/mol. The topological polar surface area (TPSA) is 93.6 Å². The zero-order chi connectivity index (χ0) is 13.2. The molecule has 0 aliphatic carbocycles. The third-order valence-corrected chi connectivity index (χ3v) is 2.07. The Bertz CT molecular complexity index is 356. The number of nitrogens with one attached hydrogen (secondary N) is 1. The number of aromatic nitrogens is 2. The molecule has 18 heavy (non-hydrogen) atoms. The summed E-state index contributed by atoms with van der Waals surface area (Å²) in [5.74, 6) is 0.0799. The number of hydrogen-bond donors (Lipinski definition) is 2. The van der Waals surface area contributed by atoms with Gasteiger partial charge in [0.15, 0.2) is 5.69 Å². The summed E-state index contributed by atoms with van der Waals surface area (Å²) in [6.07, 6.45) is 0.792. The predicted octanol–water partition coefficient (Wildman–Crippen LogP) is 0.0741. The van der Waals surface area contributed by atoms with Gasteiger partial charge in [-0.05, 0) is 18.6 Å². The molecular formula is C11H17N3O4. The fourth-order valence-electron chi connectivity index (χ4n) is 1.20. The minimum absolute atomic E-state index is 0.0356. The summed E-state index contributed by atoms with van der Waals surface area (Å²) >= 11 is 0. The average molecular weight is 255 g/mol. The van der Waals surface area contributed by atoms with Crippen LogP contribution in [0.3, 0.4) is 0 Å². The molecule has 0 atom stereocenters. The first-order valence-corrected chi connectivity index (χ1v) is 5.62. The number of aliphatic hydroxyl groups excluding tert-OH is 1. The van der Waals surface area contributed by atoms with Crippen LogP contribution in [0.1, 0.15) is 16.9 Å². The quantitative estimate of drug-likeness (QED) is 0.501. The number of carbonyl (C=O) groups excluding carboxylic acids is 1. The Hall–Kier alpha value is -1.73. The van der Waals surface area contributed by atoms with Gasteiger partial charge in [-0.25, -0.2) is 4.79 Å². The van der Waals surface area contributed by atoms with Crippen molar-refractivity contribution in [2.45, 2.75) is 6.42 Å². The summed E-state index contributed by atoms with van der Waals surface area (Å²) in [6.45, 7) is 1.64. The molecular weight excluding hydrogens is 238 g/mol. The molecule has 0 saturated heterocycles. The van der Waals surface area contributed by atoms with Gasteiger partial charge in [-0.3, -0.25) is 0 Å². The van der Waals surface area contributed by atoms with Crippen LogP contribution < -0.4 is 5.32 Å². The maximum atomic E-state index is 11.1. The lowest BCUT2D eigenvalue weighted by Gasteiger charge is -2.05. The van der Waals surface area contributed by atoms with Crippen molar-refractivity contribution in [3.8, 4) is 0 Å². The van der Waals surface area contributed by atoms with E-state index < -0.39 is 5.97 Å². The third-order valence-electron chi connectivity index (χ3n) is 2.07. The van der Waals surface area contributed by atoms with Crippen molar-refractivity contribution in [1.29, 1.82) is 0 Å². The SMILES string of the molecule is COC(=O)c1ccc(NCCCOCCO)nn1. The van der Waals surface area contributed by atoms with Crippen molar-refractivity contribution >= 4 is 11.8 Å². The van der Waals surface area contributed by atoms with Crippen LogP contribution in [0.5, 0.6) is 0 Å². The molecule has 0 bridgehead atoms. The Morgan fingerprint density at radius 1 is 1.39 bits per heavy atom. The van der Waals surface area contributed by atoms with E-state index in [9.17, 15) is 4.79 Å². The lowest BCUT2D eigenvalue weighted by atomic mass is 10.4. The normalized spacial score (nSPS) is 10.1. The van der Waals surface area contributed by atoms with Crippen molar-refractivity contribution in [1.82, 2.24) is 10.2 Å². The summed E-state index contributed by atoms with van der Waals surface area (Å²) in [5, 5.41) is 19.1. The molecule has 1 rings (SSSR count). The molecule has 0 fully saturated rings. The van der Waals surface area contributed by atoms with E-state index in [0.717, 1.165) is 6.42 Å². The zero-order valence-corrected chi connectivity index (χ0v) is 10.3. The molecule has 0 spiro atoms. The monoisotopic (exact) mass is 255 g/mol. The van der Waals surface area contributed by atoms with Gasteiger partial charge in [0.2, 0.25) is 0 Å². The molecule has 100 valence electrons. The summed E-state index contributed by atoms with van der Waals surface area (Å²) in [7, 11) is 1.29. The highest BCUT2D eigenvalue weighted by Gasteiger charge is 2.06. The second kappa shape index (κ2) is 8.37. The van der Waals surface area contributed by atoms with E-state index in [0.29, 0.717) is 25.6 Å². The van der Waals surface area contributed by atoms with E-state index in [1.165, 1.54) is 7.11 Å². The lowest BCUT2D eigenvalue weighted by molar-refractivity contribution is 0.0593. The molecule has 7 nitrogen and oxygen atoms in total. The number of nitrogens with zero attached hydrogens (tertiary/aromatic N) is 2. The summed E-state index contributed by atoms with van der Waals surface area (Å²) in [6, 6.07) is 3.21. The second-order valence-electron chi connectivity index (χ2n) is 3.41. The first-order valence-electron chi connectivity index (χ1n) is 5.62. The number of methoxy groups -OCH3 is 1. The fraction of sp³-hybridized carbons (Fsp3) is 0.545. The molecule has 0 aliphatic rings. The number of anilines is 1. The summed E-state index contributed by atoms with van der Waals surface area (Å²) in [4.78, 5) is 11.1. The number of rotatable bonds is 8. The van der Waals surface area contributed by atoms with Crippen molar-refractivity contribution in [3.05, 3.63) is 17.8 Å². The van der Waals surface area contributed by atoms with Crippen molar-refractivity contribution in [2.24, 2.45) is 0 Å². The third kappa shape index (κ3) is 5.07. The molecule has 0 amide bonds. The Kier molecular flexibility index (Phi) is 6.67. The van der Waals surface area contributed by atoms with Crippen LogP contribution in [0.2, 0.25) is 0 Å². The standard InChI is InChI=1S/C11H17N3O4/c1-17-11(16)9-3-4-10(14-13-9)12-5-2-7-18-8-6-15/h3-4,15H,2,5-8H2,1H3,(H,12,14). The number of esters is 1. The highest BCUT2D eigenvalue weighted by atomic mass is 16.5. The number of aliphatic hydroxyl groups is 1. The summed E-state index contributed by atoms with van der Waals surface area (Å²) in [5.41, 5.74) is 0.175. The van der Waals surface area contributed by atoms with Gasteiger partial charge in [0, 0.05) is 13.2 Å². The highest BCUT2D eigenvalue weighted by Crippen LogP contribution is 2.02. The molecule has 0 aliphatic heterocycles. The van der Waals surface area contributed by atoms with Gasteiger partial charge in [0.05, 0.1) is 20.3 Å². The van der Waals surface area contributed by atoms with Crippen LogP contribution in [0, 0.1) is 0 Å². The van der Waals surface area contributed by atoms with Crippen LogP contribution in [0.4, 0.5) is 5.82 Å². The minimum Gasteiger partial charge on any atom is -0.464 e. The van der Waals surface area contributed by atoms with Gasteiger partial charge in [-0.1, -0.05) is 0 Å². The first-order chi connectivity index (χ1) is 8.77. The number of ether oxygens (including phenoxy) is 2. The Morgan fingerprint density at radius 2 is 2.22 bits per heavy atom. The minimum atomic E-state index is -0.508. The molecule has 1 aromatic heterocycles. The lowest BCUT2D eigenvalue weighted by Crippen LogP contribution is -2.10. The fourth-order valence-corrected chi connectivity index (χ4v) is 1.20. The van der Waals surface area contributed by atoms with E-state index in [2.05, 4.69) is 20.3 Å². The number of hydrogen-bond acceptors (Lipinski definition) is 7. The van der Waals surface area contributed by atoms with E-state index in [1.807, 2.05) is 0 Å². The van der Waals surface area contributed by atoms with E-state index in [-0.39, 0.29) is 12.3 Å². The van der Waals surface area contributed by atoms with Gasteiger partial charge in [-0.15, -0.1) is 10.2 Å². The molecule has 0 unspecified atom stereocenters. The highest BCUT2D eigenvalue weighted by molar-refractivity contribution is 5.86. The van der Waals surface area contributed by atoms with Crippen molar-refractivity contribution in [3.63, 3.8) is 0 Å². The van der Waals surface area contributed by atoms with Gasteiger partial charge in [0.1, 0.15) is 5.82 Å². The van der Waals surface area contributed by atoms with Gasteiger partial charge >= 0.3 is 5.97 Å². The Balaban J connectivity index is 2.25. The summed E-state index contributed by atoms with van der Waals surface area (Å²) < 4.78 is 9.61. The smallest absolute Gasteiger partial charge is 0.358 e. The molecule has 7 heteroatoms. The molecule has 0 saturated carbocycles. The molecule has 0 radical (unpaired) electrons. The largest absolute Gasteiger partial charge is 0.464 e. The molecule has 1 aromatic rings. The average Bonchev–Trinajstić information content (AvgIpc) is 2.42. The van der Waals surface area contributed by atoms with Gasteiger partial charge in [0.25, 0.3) is 0 Å². The second-order valence-corrected chi connectivity index (χ2v) is 3.41. The van der Waals surface area contributed by atoms with E-state index in [4.69, 9.17) is 9.84 Å². The maximum Gasteiger partial charge on any atom is 0.358 e. The maximum absolute atomic E-state index is 11.1. The molecule has 0 aromatic carbocycles. The molecule has 2 N–H and O–H groups in total. The van der Waals surface area contributed by atoms with E-state index in [1.54, 1.807) is 12.1 Å². The van der Waals surface area contributed by atoms with Crippen LogP contribution >= 0.6 is 0 Å². The van der Waals surface area contributed by atoms with Crippen molar-refractivity contribution in [2.75, 3.05) is 38.8 Å². The zero-order valence-electron chi connectivity index (χ0n) is 10.3. The number of carbonyl (C=O) groups is 1. The Morgan fingerprint density at radius 3 is 2.83 bits per heavy atom. The van der Waals surface area contributed by atoms with Crippen LogP contribution in [0.15, 0.2) is 12.1 Å². The van der Waals surface area contributed by atoms with Crippen molar-refractivity contribution < 1.29 is 19.4 Å².